The van der Waals surface area contributed by atoms with Gasteiger partial charge >= 0.3 is 0 Å². The zero-order valence-electron chi connectivity index (χ0n) is 10.4. The molecular weight excluding hydrogens is 257 g/mol. The first kappa shape index (κ1) is 12.2. The van der Waals surface area contributed by atoms with Crippen LogP contribution in [0.5, 0.6) is 0 Å². The molecule has 98 valence electrons. The fourth-order valence-electron chi connectivity index (χ4n) is 2.30. The van der Waals surface area contributed by atoms with Gasteiger partial charge in [-0.15, -0.1) is 0 Å². The molecule has 1 N–H and O–H groups in total. The predicted molar refractivity (Wildman–Crippen MR) is 73.2 cm³/mol. The summed E-state index contributed by atoms with van der Waals surface area (Å²) in [5, 5.41) is 11.9. The normalized spacial score (nSPS) is 13.4. The van der Waals surface area contributed by atoms with Gasteiger partial charge in [-0.25, -0.2) is 4.39 Å². The third kappa shape index (κ3) is 1.88. The summed E-state index contributed by atoms with van der Waals surface area (Å²) in [6.07, 6.45) is 0. The van der Waals surface area contributed by atoms with E-state index in [4.69, 9.17) is 5.26 Å². The second-order valence-corrected chi connectivity index (χ2v) is 4.40. The third-order valence-electron chi connectivity index (χ3n) is 3.16. The summed E-state index contributed by atoms with van der Waals surface area (Å²) < 4.78 is 13.7. The summed E-state index contributed by atoms with van der Waals surface area (Å²) in [4.78, 5) is 13.4. The molecule has 1 amide bonds. The molecule has 1 aliphatic rings. The van der Waals surface area contributed by atoms with Gasteiger partial charge < -0.3 is 10.2 Å². The number of nitrogens with zero attached hydrogens (tertiary/aromatic N) is 2. The van der Waals surface area contributed by atoms with Crippen LogP contribution in [0.2, 0.25) is 0 Å². The zero-order chi connectivity index (χ0) is 14.1. The maximum atomic E-state index is 13.7. The number of carbonyl (C=O) groups excluding carboxylic acids is 1. The number of halogens is 1. The molecule has 0 aromatic heterocycles. The van der Waals surface area contributed by atoms with Crippen molar-refractivity contribution >= 4 is 23.0 Å². The standard InChI is InChI=1S/C15H10FN3O/c16-11-4-3-7-13(10(11)8-17)19-9-15(20)18-12-5-1-2-6-14(12)19/h1-7H,9H2,(H,18,20). The highest BCUT2D eigenvalue weighted by Gasteiger charge is 2.25. The van der Waals surface area contributed by atoms with Gasteiger partial charge in [0, 0.05) is 0 Å². The van der Waals surface area contributed by atoms with Crippen molar-refractivity contribution in [1.29, 1.82) is 5.26 Å². The van der Waals surface area contributed by atoms with E-state index in [2.05, 4.69) is 5.32 Å². The number of para-hydroxylation sites is 2. The minimum absolute atomic E-state index is 0.0507. The van der Waals surface area contributed by atoms with Crippen molar-refractivity contribution in [3.05, 3.63) is 53.8 Å². The molecule has 3 rings (SSSR count). The number of nitrogens with one attached hydrogen (secondary N) is 1. The van der Waals surface area contributed by atoms with Crippen LogP contribution < -0.4 is 10.2 Å². The van der Waals surface area contributed by atoms with Crippen LogP contribution in [0, 0.1) is 17.1 Å². The average molecular weight is 267 g/mol. The van der Waals surface area contributed by atoms with Crippen molar-refractivity contribution in [2.45, 2.75) is 0 Å². The van der Waals surface area contributed by atoms with Crippen LogP contribution >= 0.6 is 0 Å². The Labute approximate surface area is 115 Å². The average Bonchev–Trinajstić information content (AvgIpc) is 2.46. The van der Waals surface area contributed by atoms with Crippen molar-refractivity contribution < 1.29 is 9.18 Å². The van der Waals surface area contributed by atoms with Crippen LogP contribution in [-0.2, 0) is 4.79 Å². The van der Waals surface area contributed by atoms with E-state index in [0.717, 1.165) is 5.69 Å². The predicted octanol–water partition coefficient (Wildman–Crippen LogP) is 2.79. The van der Waals surface area contributed by atoms with Crippen LogP contribution in [0.4, 0.5) is 21.5 Å². The van der Waals surface area contributed by atoms with Crippen molar-refractivity contribution in [1.82, 2.24) is 0 Å². The first-order chi connectivity index (χ1) is 9.70. The molecule has 0 atom stereocenters. The fraction of sp³-hybridized carbons (Fsp3) is 0.0667. The van der Waals surface area contributed by atoms with Gasteiger partial charge in [-0.1, -0.05) is 18.2 Å². The number of nitriles is 1. The van der Waals surface area contributed by atoms with Crippen molar-refractivity contribution in [3.63, 3.8) is 0 Å². The van der Waals surface area contributed by atoms with E-state index < -0.39 is 5.82 Å². The maximum absolute atomic E-state index is 13.7. The summed E-state index contributed by atoms with van der Waals surface area (Å²) in [7, 11) is 0. The Morgan fingerprint density at radius 3 is 2.70 bits per heavy atom. The van der Waals surface area contributed by atoms with Gasteiger partial charge in [-0.3, -0.25) is 4.79 Å². The maximum Gasteiger partial charge on any atom is 0.244 e. The van der Waals surface area contributed by atoms with E-state index in [-0.39, 0.29) is 18.0 Å². The molecular formula is C15H10FN3O. The van der Waals surface area contributed by atoms with Gasteiger partial charge in [0.15, 0.2) is 0 Å². The topological polar surface area (TPSA) is 56.1 Å². The Morgan fingerprint density at radius 1 is 1.15 bits per heavy atom. The van der Waals surface area contributed by atoms with E-state index in [0.29, 0.717) is 11.4 Å². The van der Waals surface area contributed by atoms with Crippen molar-refractivity contribution in [2.24, 2.45) is 0 Å². The minimum Gasteiger partial charge on any atom is -0.329 e. The fourth-order valence-corrected chi connectivity index (χ4v) is 2.30. The summed E-state index contributed by atoms with van der Waals surface area (Å²) in [6.45, 7) is 0.0507. The molecule has 4 nitrogen and oxygen atoms in total. The van der Waals surface area contributed by atoms with Gasteiger partial charge in [0.25, 0.3) is 0 Å². The summed E-state index contributed by atoms with van der Waals surface area (Å²) >= 11 is 0. The Kier molecular flexibility index (Phi) is 2.84. The monoisotopic (exact) mass is 267 g/mol. The lowest BCUT2D eigenvalue weighted by Crippen LogP contribution is -2.35. The number of carbonyl (C=O) groups is 1. The first-order valence-corrected chi connectivity index (χ1v) is 6.06. The van der Waals surface area contributed by atoms with Crippen LogP contribution in [0.3, 0.4) is 0 Å². The van der Waals surface area contributed by atoms with Gasteiger partial charge in [0.2, 0.25) is 5.91 Å². The van der Waals surface area contributed by atoms with Gasteiger partial charge in [-0.2, -0.15) is 5.26 Å². The van der Waals surface area contributed by atoms with E-state index in [1.807, 2.05) is 18.2 Å². The number of rotatable bonds is 1. The summed E-state index contributed by atoms with van der Waals surface area (Å²) in [5.41, 5.74) is 1.73. The second-order valence-electron chi connectivity index (χ2n) is 4.40. The number of hydrogen-bond acceptors (Lipinski definition) is 3. The highest BCUT2D eigenvalue weighted by Crippen LogP contribution is 2.36. The summed E-state index contributed by atoms with van der Waals surface area (Å²) in [6, 6.07) is 13.5. The highest BCUT2D eigenvalue weighted by atomic mass is 19.1. The molecule has 0 radical (unpaired) electrons. The second kappa shape index (κ2) is 4.67. The van der Waals surface area contributed by atoms with Crippen LogP contribution in [0.15, 0.2) is 42.5 Å². The molecule has 1 aliphatic heterocycles. The molecule has 2 aromatic carbocycles. The van der Waals surface area contributed by atoms with E-state index in [1.165, 1.54) is 12.1 Å². The molecule has 0 saturated carbocycles. The Balaban J connectivity index is 2.19. The quantitative estimate of drug-likeness (QED) is 0.864. The number of fused-ring (bicyclic) bond motifs is 1. The van der Waals surface area contributed by atoms with E-state index >= 15 is 0 Å². The molecule has 20 heavy (non-hydrogen) atoms. The molecule has 0 fully saturated rings. The molecule has 0 aliphatic carbocycles. The SMILES string of the molecule is N#Cc1c(F)cccc1N1CC(=O)Nc2ccccc21. The lowest BCUT2D eigenvalue weighted by atomic mass is 10.1. The summed E-state index contributed by atoms with van der Waals surface area (Å²) in [5.74, 6) is -0.787. The molecule has 2 aromatic rings. The lowest BCUT2D eigenvalue weighted by Gasteiger charge is -2.31. The Bertz CT molecular complexity index is 736. The molecule has 5 heteroatoms. The zero-order valence-corrected chi connectivity index (χ0v) is 10.4. The molecule has 0 bridgehead atoms. The number of anilines is 3. The molecule has 0 spiro atoms. The smallest absolute Gasteiger partial charge is 0.244 e. The van der Waals surface area contributed by atoms with E-state index in [1.54, 1.807) is 23.1 Å². The molecule has 0 unspecified atom stereocenters. The number of hydrogen-bond donors (Lipinski definition) is 1. The minimum atomic E-state index is -0.589. The first-order valence-electron chi connectivity index (χ1n) is 6.06. The van der Waals surface area contributed by atoms with E-state index in [9.17, 15) is 9.18 Å². The van der Waals surface area contributed by atoms with Crippen LogP contribution in [-0.4, -0.2) is 12.5 Å². The van der Waals surface area contributed by atoms with Crippen LogP contribution in [0.1, 0.15) is 5.56 Å². The Hall–Kier alpha value is -2.87. The van der Waals surface area contributed by atoms with Crippen molar-refractivity contribution in [3.8, 4) is 6.07 Å². The Morgan fingerprint density at radius 2 is 1.90 bits per heavy atom. The van der Waals surface area contributed by atoms with Crippen molar-refractivity contribution in [2.75, 3.05) is 16.8 Å². The highest BCUT2D eigenvalue weighted by molar-refractivity contribution is 6.03. The molecule has 1 heterocycles. The largest absolute Gasteiger partial charge is 0.329 e. The van der Waals surface area contributed by atoms with Gasteiger partial charge in [0.1, 0.15) is 24.0 Å². The van der Waals surface area contributed by atoms with Crippen LogP contribution in [0.25, 0.3) is 0 Å². The molecule has 0 saturated heterocycles. The number of amides is 1. The van der Waals surface area contributed by atoms with Gasteiger partial charge in [0.05, 0.1) is 17.1 Å². The number of benzene rings is 2. The lowest BCUT2D eigenvalue weighted by molar-refractivity contribution is -0.115. The third-order valence-corrected chi connectivity index (χ3v) is 3.16. The van der Waals surface area contributed by atoms with Gasteiger partial charge in [-0.05, 0) is 24.3 Å².